The molecule has 0 aliphatic carbocycles. The van der Waals surface area contributed by atoms with Gasteiger partial charge in [-0.1, -0.05) is 27.7 Å². The fraction of sp³-hybridized carbons (Fsp3) is 0.682. The Labute approximate surface area is 196 Å². The number of anilines is 1. The lowest BCUT2D eigenvalue weighted by atomic mass is 10.1. The van der Waals surface area contributed by atoms with Crippen LogP contribution >= 0.6 is 0 Å². The van der Waals surface area contributed by atoms with E-state index in [0.717, 1.165) is 12.5 Å². The number of benzene rings is 1. The predicted octanol–water partition coefficient (Wildman–Crippen LogP) is 2.73. The summed E-state index contributed by atoms with van der Waals surface area (Å²) in [5, 5.41) is 11.8. The third-order valence-corrected chi connectivity index (χ3v) is 7.88. The summed E-state index contributed by atoms with van der Waals surface area (Å²) in [7, 11) is -3.80. The van der Waals surface area contributed by atoms with Crippen LogP contribution in [0.25, 0.3) is 0 Å². The number of carbonyl (C=O) groups is 1. The fourth-order valence-electron chi connectivity index (χ4n) is 3.77. The largest absolute Gasteiger partial charge is 0.369 e. The fourth-order valence-corrected chi connectivity index (χ4v) is 5.25. The Morgan fingerprint density at radius 3 is 2.27 bits per heavy atom. The molecule has 1 aliphatic rings. The van der Waals surface area contributed by atoms with Crippen LogP contribution in [-0.2, 0) is 19.6 Å². The highest BCUT2D eigenvalue weighted by molar-refractivity contribution is 7.89. The summed E-state index contributed by atoms with van der Waals surface area (Å²) < 4.78 is 32.5. The number of amides is 1. The minimum Gasteiger partial charge on any atom is -0.369 e. The van der Waals surface area contributed by atoms with Crippen molar-refractivity contribution in [1.82, 2.24) is 9.21 Å². The summed E-state index contributed by atoms with van der Waals surface area (Å²) in [4.78, 5) is 27.3. The van der Waals surface area contributed by atoms with Crippen LogP contribution in [0.4, 0.5) is 11.4 Å². The molecule has 1 fully saturated rings. The minimum absolute atomic E-state index is 0.0893. The van der Waals surface area contributed by atoms with Gasteiger partial charge in [0.2, 0.25) is 10.0 Å². The molecule has 33 heavy (non-hydrogen) atoms. The van der Waals surface area contributed by atoms with Gasteiger partial charge in [0.1, 0.15) is 11.8 Å². The molecule has 1 unspecified atom stereocenters. The first kappa shape index (κ1) is 27.0. The van der Waals surface area contributed by atoms with E-state index in [-0.39, 0.29) is 29.6 Å². The number of nitrogens with zero attached hydrogens (tertiary/aromatic N) is 4. The topological polar surface area (TPSA) is 113 Å². The molecule has 186 valence electrons. The van der Waals surface area contributed by atoms with Crippen LogP contribution in [0.5, 0.6) is 0 Å². The summed E-state index contributed by atoms with van der Waals surface area (Å²) in [6, 6.07) is 4.03. The van der Waals surface area contributed by atoms with E-state index < -0.39 is 21.1 Å². The van der Waals surface area contributed by atoms with Crippen LogP contribution in [0, 0.1) is 16.0 Å². The van der Waals surface area contributed by atoms with E-state index >= 15 is 0 Å². The normalized spacial score (nSPS) is 15.8. The van der Waals surface area contributed by atoms with Crippen LogP contribution in [0.15, 0.2) is 23.1 Å². The van der Waals surface area contributed by atoms with Crippen molar-refractivity contribution in [2.45, 2.75) is 52.0 Å². The Morgan fingerprint density at radius 1 is 1.15 bits per heavy atom. The average Bonchev–Trinajstić information content (AvgIpc) is 2.78. The molecule has 1 amide bonds. The minimum atomic E-state index is -3.80. The van der Waals surface area contributed by atoms with Crippen molar-refractivity contribution >= 4 is 27.3 Å². The Bertz CT molecular complexity index is 925. The number of hydrogen-bond donors (Lipinski definition) is 0. The van der Waals surface area contributed by atoms with Gasteiger partial charge >= 0.3 is 0 Å². The number of rotatable bonds is 11. The van der Waals surface area contributed by atoms with Crippen LogP contribution in [0.3, 0.4) is 0 Å². The zero-order chi connectivity index (χ0) is 24.8. The highest BCUT2D eigenvalue weighted by atomic mass is 32.2. The molecule has 1 saturated heterocycles. The first-order valence-electron chi connectivity index (χ1n) is 11.5. The second kappa shape index (κ2) is 11.8. The number of carbonyl (C=O) groups excluding carboxylic acids is 1. The van der Waals surface area contributed by atoms with Gasteiger partial charge in [0.15, 0.2) is 0 Å². The van der Waals surface area contributed by atoms with Gasteiger partial charge < -0.3 is 14.5 Å². The van der Waals surface area contributed by atoms with Gasteiger partial charge in [0.25, 0.3) is 11.6 Å². The average molecular weight is 485 g/mol. The second-order valence-electron chi connectivity index (χ2n) is 8.50. The van der Waals surface area contributed by atoms with Crippen molar-refractivity contribution < 1.29 is 22.9 Å². The maximum Gasteiger partial charge on any atom is 0.293 e. The van der Waals surface area contributed by atoms with Crippen molar-refractivity contribution in [3.05, 3.63) is 28.3 Å². The molecule has 1 heterocycles. The van der Waals surface area contributed by atoms with Gasteiger partial charge in [0, 0.05) is 51.9 Å². The molecule has 1 atom stereocenters. The molecule has 0 aromatic heterocycles. The zero-order valence-corrected chi connectivity index (χ0v) is 21.0. The van der Waals surface area contributed by atoms with E-state index in [1.165, 1.54) is 16.4 Å². The van der Waals surface area contributed by atoms with E-state index in [1.807, 2.05) is 4.90 Å². The lowest BCUT2D eigenvalue weighted by Gasteiger charge is -2.36. The molecule has 10 nitrogen and oxygen atoms in total. The molecule has 0 saturated carbocycles. The molecule has 0 bridgehead atoms. The van der Waals surface area contributed by atoms with Crippen molar-refractivity contribution in [2.75, 3.05) is 50.8 Å². The summed E-state index contributed by atoms with van der Waals surface area (Å²) >= 11 is 0. The van der Waals surface area contributed by atoms with E-state index in [1.54, 1.807) is 25.7 Å². The van der Waals surface area contributed by atoms with E-state index in [2.05, 4.69) is 13.8 Å². The lowest BCUT2D eigenvalue weighted by Crippen LogP contribution is -2.51. The molecular weight excluding hydrogens is 448 g/mol. The highest BCUT2D eigenvalue weighted by Gasteiger charge is 2.30. The number of nitro groups is 1. The number of nitro benzene ring substituents is 1. The number of ether oxygens (including phenoxy) is 1. The van der Waals surface area contributed by atoms with Crippen molar-refractivity contribution in [2.24, 2.45) is 5.92 Å². The first-order valence-corrected chi connectivity index (χ1v) is 12.9. The van der Waals surface area contributed by atoms with Crippen LogP contribution in [-0.4, -0.2) is 80.4 Å². The molecular formula is C22H36N4O6S. The Hall–Kier alpha value is -2.24. The number of sulfonamides is 1. The van der Waals surface area contributed by atoms with Crippen molar-refractivity contribution in [1.29, 1.82) is 0 Å². The predicted molar refractivity (Wildman–Crippen MR) is 127 cm³/mol. The third kappa shape index (κ3) is 6.64. The Kier molecular flexibility index (Phi) is 9.62. The molecule has 2 rings (SSSR count). The van der Waals surface area contributed by atoms with Gasteiger partial charge in [-0.3, -0.25) is 14.9 Å². The molecule has 11 heteroatoms. The summed E-state index contributed by atoms with van der Waals surface area (Å²) in [5.41, 5.74) is 0.0974. The molecule has 1 aromatic carbocycles. The molecule has 0 N–H and O–H groups in total. The van der Waals surface area contributed by atoms with Crippen molar-refractivity contribution in [3.8, 4) is 0 Å². The van der Waals surface area contributed by atoms with Gasteiger partial charge in [-0.2, -0.15) is 4.31 Å². The Balaban J connectivity index is 2.12. The zero-order valence-electron chi connectivity index (χ0n) is 20.2. The third-order valence-electron chi connectivity index (χ3n) is 5.83. The Morgan fingerprint density at radius 2 is 1.76 bits per heavy atom. The second-order valence-corrected chi connectivity index (χ2v) is 10.4. The summed E-state index contributed by atoms with van der Waals surface area (Å²) in [6.07, 6.45) is 0.351. The smallest absolute Gasteiger partial charge is 0.293 e. The maximum absolute atomic E-state index is 12.8. The van der Waals surface area contributed by atoms with Gasteiger partial charge in [-0.05, 0) is 31.4 Å². The standard InChI is InChI=1S/C22H36N4O6S/c1-6-25(7-2)33(30,31)19-8-9-20(21(16-19)26(28)29)23-11-13-24(14-12-23)22(27)18(5)32-15-10-17(3)4/h8-9,16-18H,6-7,10-15H2,1-5H3. The molecule has 1 aliphatic heterocycles. The molecule has 0 spiro atoms. The van der Waals surface area contributed by atoms with Gasteiger partial charge in [0.05, 0.1) is 9.82 Å². The van der Waals surface area contributed by atoms with Crippen LogP contribution in [0.1, 0.15) is 41.0 Å². The number of hydrogen-bond acceptors (Lipinski definition) is 7. The maximum atomic E-state index is 12.8. The quantitative estimate of drug-likeness (QED) is 0.350. The lowest BCUT2D eigenvalue weighted by molar-refractivity contribution is -0.384. The summed E-state index contributed by atoms with van der Waals surface area (Å²) in [5.74, 6) is 0.411. The monoisotopic (exact) mass is 484 g/mol. The summed E-state index contributed by atoms with van der Waals surface area (Å²) in [6.45, 7) is 12.1. The van der Waals surface area contributed by atoms with E-state index in [0.29, 0.717) is 44.4 Å². The van der Waals surface area contributed by atoms with E-state index in [9.17, 15) is 23.3 Å². The SMILES string of the molecule is CCN(CC)S(=O)(=O)c1ccc(N2CCN(C(=O)C(C)OCCC(C)C)CC2)c([N+](=O)[O-])c1. The van der Waals surface area contributed by atoms with E-state index in [4.69, 9.17) is 4.74 Å². The molecule has 1 aromatic rings. The van der Waals surface area contributed by atoms with Gasteiger partial charge in [-0.15, -0.1) is 0 Å². The van der Waals surface area contributed by atoms with Crippen LogP contribution < -0.4 is 4.90 Å². The first-order chi connectivity index (χ1) is 15.5. The highest BCUT2D eigenvalue weighted by Crippen LogP contribution is 2.32. The van der Waals surface area contributed by atoms with Crippen LogP contribution in [0.2, 0.25) is 0 Å². The number of piperazine rings is 1. The van der Waals surface area contributed by atoms with Crippen molar-refractivity contribution in [3.63, 3.8) is 0 Å². The molecule has 0 radical (unpaired) electrons. The van der Waals surface area contributed by atoms with Gasteiger partial charge in [-0.25, -0.2) is 8.42 Å².